The summed E-state index contributed by atoms with van der Waals surface area (Å²) in [5.74, 6) is -0.0963. The van der Waals surface area contributed by atoms with E-state index in [9.17, 15) is 4.39 Å². The summed E-state index contributed by atoms with van der Waals surface area (Å²) in [6, 6.07) is 5.20. The zero-order valence-electron chi connectivity index (χ0n) is 11.5. The van der Waals surface area contributed by atoms with Crippen molar-refractivity contribution in [3.63, 3.8) is 0 Å². The van der Waals surface area contributed by atoms with Crippen molar-refractivity contribution in [2.24, 2.45) is 5.41 Å². The Balaban J connectivity index is 2.91. The average Bonchev–Trinajstić information content (AvgIpc) is 2.39. The fourth-order valence-corrected chi connectivity index (χ4v) is 2.69. The molecule has 1 aromatic carbocycles. The fraction of sp³-hybridized carbons (Fsp3) is 0.600. The number of hydrogen-bond donors (Lipinski definition) is 1. The second-order valence-electron chi connectivity index (χ2n) is 4.90. The highest BCUT2D eigenvalue weighted by molar-refractivity contribution is 9.10. The summed E-state index contributed by atoms with van der Waals surface area (Å²) in [4.78, 5) is 0. The van der Waals surface area contributed by atoms with Gasteiger partial charge in [0, 0.05) is 11.0 Å². The molecule has 0 heterocycles. The molecule has 0 atom stereocenters. The molecule has 1 aromatic rings. The van der Waals surface area contributed by atoms with Crippen molar-refractivity contribution in [3.05, 3.63) is 34.1 Å². The number of rotatable bonds is 7. The molecule has 0 radical (unpaired) electrons. The number of hydrogen-bond acceptors (Lipinski definition) is 1. The molecule has 0 bridgehead atoms. The zero-order valence-corrected chi connectivity index (χ0v) is 13.1. The van der Waals surface area contributed by atoms with Crippen LogP contribution in [0.15, 0.2) is 22.7 Å². The normalized spacial score (nSPS) is 11.8. The molecule has 0 aromatic heterocycles. The molecule has 0 amide bonds. The van der Waals surface area contributed by atoms with E-state index in [1.807, 2.05) is 6.07 Å². The average molecular weight is 316 g/mol. The fourth-order valence-electron chi connectivity index (χ4n) is 2.29. The third-order valence-electron chi connectivity index (χ3n) is 3.82. The number of benzene rings is 1. The van der Waals surface area contributed by atoms with Crippen molar-refractivity contribution >= 4 is 15.9 Å². The molecule has 18 heavy (non-hydrogen) atoms. The minimum atomic E-state index is -0.0963. The SMILES string of the molecule is CCNCC(CC)(CC)Cc1cc(Br)ccc1F. The Morgan fingerprint density at radius 2 is 1.89 bits per heavy atom. The molecular weight excluding hydrogens is 293 g/mol. The second kappa shape index (κ2) is 7.25. The van der Waals surface area contributed by atoms with E-state index in [2.05, 4.69) is 42.0 Å². The molecule has 0 spiro atoms. The molecule has 0 fully saturated rings. The molecule has 1 N–H and O–H groups in total. The van der Waals surface area contributed by atoms with Gasteiger partial charge in [0.05, 0.1) is 0 Å². The molecule has 3 heteroatoms. The molecule has 0 unspecified atom stereocenters. The Morgan fingerprint density at radius 3 is 2.44 bits per heavy atom. The third kappa shape index (κ3) is 4.06. The van der Waals surface area contributed by atoms with Crippen LogP contribution in [0.25, 0.3) is 0 Å². The lowest BCUT2D eigenvalue weighted by Crippen LogP contribution is -2.35. The van der Waals surface area contributed by atoms with Crippen molar-refractivity contribution < 1.29 is 4.39 Å². The van der Waals surface area contributed by atoms with Gasteiger partial charge in [0.25, 0.3) is 0 Å². The van der Waals surface area contributed by atoms with Crippen LogP contribution in [0.5, 0.6) is 0 Å². The predicted octanol–water partition coefficient (Wildman–Crippen LogP) is 4.55. The van der Waals surface area contributed by atoms with E-state index in [1.54, 1.807) is 12.1 Å². The van der Waals surface area contributed by atoms with E-state index in [0.717, 1.165) is 42.4 Å². The highest BCUT2D eigenvalue weighted by Gasteiger charge is 2.27. The Kier molecular flexibility index (Phi) is 6.30. The van der Waals surface area contributed by atoms with Crippen molar-refractivity contribution in [1.29, 1.82) is 0 Å². The Labute approximate surface area is 118 Å². The summed E-state index contributed by atoms with van der Waals surface area (Å²) in [5.41, 5.74) is 0.962. The van der Waals surface area contributed by atoms with Crippen LogP contribution in [-0.2, 0) is 6.42 Å². The van der Waals surface area contributed by atoms with E-state index in [-0.39, 0.29) is 11.2 Å². The van der Waals surface area contributed by atoms with E-state index in [1.165, 1.54) is 0 Å². The molecule has 0 aliphatic rings. The van der Waals surface area contributed by atoms with Gasteiger partial charge in [-0.05, 0) is 55.0 Å². The summed E-state index contributed by atoms with van der Waals surface area (Å²) < 4.78 is 14.8. The lowest BCUT2D eigenvalue weighted by molar-refractivity contribution is 0.245. The standard InChI is InChI=1S/C15H23BrFN/c1-4-15(5-2,11-18-6-3)10-12-9-13(16)7-8-14(12)17/h7-9,18H,4-6,10-11H2,1-3H3. The topological polar surface area (TPSA) is 12.0 Å². The highest BCUT2D eigenvalue weighted by Crippen LogP contribution is 2.32. The Hall–Kier alpha value is -0.410. The van der Waals surface area contributed by atoms with Gasteiger partial charge in [-0.3, -0.25) is 0 Å². The van der Waals surface area contributed by atoms with Gasteiger partial charge in [-0.15, -0.1) is 0 Å². The van der Waals surface area contributed by atoms with Gasteiger partial charge in [-0.1, -0.05) is 36.7 Å². The summed E-state index contributed by atoms with van der Waals surface area (Å²) in [5, 5.41) is 3.41. The first kappa shape index (κ1) is 15.6. The second-order valence-corrected chi connectivity index (χ2v) is 5.82. The van der Waals surface area contributed by atoms with Crippen LogP contribution in [-0.4, -0.2) is 13.1 Å². The predicted molar refractivity (Wildman–Crippen MR) is 79.4 cm³/mol. The van der Waals surface area contributed by atoms with Gasteiger partial charge < -0.3 is 5.32 Å². The maximum absolute atomic E-state index is 13.9. The maximum atomic E-state index is 13.9. The minimum absolute atomic E-state index is 0.0963. The lowest BCUT2D eigenvalue weighted by atomic mass is 9.76. The smallest absolute Gasteiger partial charge is 0.126 e. The van der Waals surface area contributed by atoms with Gasteiger partial charge in [0.2, 0.25) is 0 Å². The van der Waals surface area contributed by atoms with E-state index < -0.39 is 0 Å². The highest BCUT2D eigenvalue weighted by atomic mass is 79.9. The quantitative estimate of drug-likeness (QED) is 0.778. The number of halogens is 2. The first-order valence-electron chi connectivity index (χ1n) is 6.71. The molecule has 0 saturated heterocycles. The van der Waals surface area contributed by atoms with E-state index >= 15 is 0 Å². The third-order valence-corrected chi connectivity index (χ3v) is 4.32. The number of nitrogens with one attached hydrogen (secondary N) is 1. The largest absolute Gasteiger partial charge is 0.316 e. The summed E-state index contributed by atoms with van der Waals surface area (Å²) in [7, 11) is 0. The van der Waals surface area contributed by atoms with Crippen molar-refractivity contribution in [1.82, 2.24) is 5.32 Å². The van der Waals surface area contributed by atoms with Crippen LogP contribution in [0.4, 0.5) is 4.39 Å². The lowest BCUT2D eigenvalue weighted by Gasteiger charge is -2.32. The Morgan fingerprint density at radius 1 is 1.22 bits per heavy atom. The van der Waals surface area contributed by atoms with Gasteiger partial charge in [-0.25, -0.2) is 4.39 Å². The van der Waals surface area contributed by atoms with E-state index in [0.29, 0.717) is 0 Å². The van der Waals surface area contributed by atoms with E-state index in [4.69, 9.17) is 0 Å². The molecular formula is C15H23BrFN. The zero-order chi connectivity index (χ0) is 13.6. The first-order chi connectivity index (χ1) is 8.56. The van der Waals surface area contributed by atoms with Gasteiger partial charge in [-0.2, -0.15) is 0 Å². The molecule has 1 nitrogen and oxygen atoms in total. The van der Waals surface area contributed by atoms with Crippen molar-refractivity contribution in [2.75, 3.05) is 13.1 Å². The minimum Gasteiger partial charge on any atom is -0.316 e. The van der Waals surface area contributed by atoms with Crippen molar-refractivity contribution in [2.45, 2.75) is 40.0 Å². The van der Waals surface area contributed by atoms with Crippen LogP contribution in [0.1, 0.15) is 39.2 Å². The van der Waals surface area contributed by atoms with Crippen molar-refractivity contribution in [3.8, 4) is 0 Å². The molecule has 0 aliphatic carbocycles. The van der Waals surface area contributed by atoms with Crippen LogP contribution in [0, 0.1) is 11.2 Å². The van der Waals surface area contributed by atoms with Crippen LogP contribution in [0.2, 0.25) is 0 Å². The first-order valence-corrected chi connectivity index (χ1v) is 7.51. The molecule has 0 saturated carbocycles. The van der Waals surface area contributed by atoms with Gasteiger partial charge >= 0.3 is 0 Å². The van der Waals surface area contributed by atoms with Crippen LogP contribution < -0.4 is 5.32 Å². The van der Waals surface area contributed by atoms with Gasteiger partial charge in [0.15, 0.2) is 0 Å². The molecule has 1 rings (SSSR count). The van der Waals surface area contributed by atoms with Crippen LogP contribution >= 0.6 is 15.9 Å². The summed E-state index contributed by atoms with van der Waals surface area (Å²) in [6.45, 7) is 8.40. The van der Waals surface area contributed by atoms with Crippen LogP contribution in [0.3, 0.4) is 0 Å². The van der Waals surface area contributed by atoms with Gasteiger partial charge in [0.1, 0.15) is 5.82 Å². The Bertz CT molecular complexity index is 375. The molecule has 102 valence electrons. The summed E-state index contributed by atoms with van der Waals surface area (Å²) >= 11 is 3.42. The maximum Gasteiger partial charge on any atom is 0.126 e. The summed E-state index contributed by atoms with van der Waals surface area (Å²) in [6.07, 6.45) is 2.91. The monoisotopic (exact) mass is 315 g/mol. The molecule has 0 aliphatic heterocycles.